The van der Waals surface area contributed by atoms with Crippen molar-refractivity contribution >= 4 is 27.0 Å². The zero-order valence-electron chi connectivity index (χ0n) is 18.9. The second-order valence-electron chi connectivity index (χ2n) is 8.60. The Hall–Kier alpha value is -3.49. The van der Waals surface area contributed by atoms with Gasteiger partial charge in [-0.3, -0.25) is 4.79 Å². The maximum atomic E-state index is 13.2. The van der Waals surface area contributed by atoms with Crippen LogP contribution in [0.1, 0.15) is 30.0 Å². The lowest BCUT2D eigenvalue weighted by atomic mass is 9.88. The lowest BCUT2D eigenvalue weighted by molar-refractivity contribution is -0.122. The number of aryl methyl sites for hydroxylation is 1. The molecule has 1 heterocycles. The third-order valence-electron chi connectivity index (χ3n) is 6.28. The molecule has 34 heavy (non-hydrogen) atoms. The summed E-state index contributed by atoms with van der Waals surface area (Å²) in [5, 5.41) is 3.02. The molecule has 0 saturated carbocycles. The van der Waals surface area contributed by atoms with E-state index in [4.69, 9.17) is 0 Å². The molecule has 174 valence electrons. The summed E-state index contributed by atoms with van der Waals surface area (Å²) in [4.78, 5) is 20.6. The first-order valence-electron chi connectivity index (χ1n) is 11.3. The van der Waals surface area contributed by atoms with Gasteiger partial charge in [-0.15, -0.1) is 0 Å². The van der Waals surface area contributed by atoms with E-state index in [1.165, 1.54) is 18.7 Å². The third-order valence-corrected chi connectivity index (χ3v) is 8.08. The number of carbonyl (C=O) groups is 1. The fraction of sp³-hybridized carbons (Fsp3) is 0.231. The molecule has 0 saturated heterocycles. The standard InChI is InChI=1S/C26H26N4O3S/c1-30(17-25(31)27-22-13-7-11-18-8-5-6-12-21(18)22)34(32,33)20-14-15-23-24(16-20)29-26(28-23)19-9-3-2-4-10-19/h2-6,8-10,12,14-16,22H,7,11,13,17H2,1H3,(H,27,31)(H,28,29)/t22-/m0/s1. The normalized spacial score (nSPS) is 15.9. The van der Waals surface area contributed by atoms with E-state index in [9.17, 15) is 13.2 Å². The van der Waals surface area contributed by atoms with Gasteiger partial charge in [-0.25, -0.2) is 13.4 Å². The van der Waals surface area contributed by atoms with Crippen LogP contribution in [0.4, 0.5) is 0 Å². The molecule has 8 heteroatoms. The number of amides is 1. The molecule has 1 aliphatic rings. The topological polar surface area (TPSA) is 95.2 Å². The molecule has 3 aromatic carbocycles. The Bertz CT molecular complexity index is 1450. The first kappa shape index (κ1) is 22.3. The summed E-state index contributed by atoms with van der Waals surface area (Å²) in [5.74, 6) is 0.354. The van der Waals surface area contributed by atoms with E-state index >= 15 is 0 Å². The molecule has 1 aliphatic carbocycles. The molecular formula is C26H26N4O3S. The van der Waals surface area contributed by atoms with E-state index in [0.29, 0.717) is 16.9 Å². The fourth-order valence-electron chi connectivity index (χ4n) is 4.49. The van der Waals surface area contributed by atoms with Crippen LogP contribution in [0.2, 0.25) is 0 Å². The molecule has 0 aliphatic heterocycles. The third kappa shape index (κ3) is 4.34. The monoisotopic (exact) mass is 474 g/mol. The number of fused-ring (bicyclic) bond motifs is 2. The molecule has 0 spiro atoms. The Morgan fingerprint density at radius 1 is 1.09 bits per heavy atom. The van der Waals surface area contributed by atoms with Gasteiger partial charge in [0.2, 0.25) is 15.9 Å². The molecule has 1 aromatic heterocycles. The maximum absolute atomic E-state index is 13.2. The summed E-state index contributed by atoms with van der Waals surface area (Å²) in [6.45, 7) is -0.253. The van der Waals surface area contributed by atoms with Crippen molar-refractivity contribution in [3.8, 4) is 11.4 Å². The quantitative estimate of drug-likeness (QED) is 0.441. The minimum Gasteiger partial charge on any atom is -0.348 e. The van der Waals surface area contributed by atoms with Gasteiger partial charge in [0.1, 0.15) is 5.82 Å². The molecular weight excluding hydrogens is 448 g/mol. The summed E-state index contributed by atoms with van der Waals surface area (Å²) >= 11 is 0. The van der Waals surface area contributed by atoms with Crippen molar-refractivity contribution in [1.29, 1.82) is 0 Å². The SMILES string of the molecule is CN(CC(=O)N[C@H]1CCCc2ccccc21)S(=O)(=O)c1ccc2nc(-c3ccccc3)[nH]c2c1. The number of hydrogen-bond acceptors (Lipinski definition) is 4. The van der Waals surface area contributed by atoms with Crippen molar-refractivity contribution in [3.05, 3.63) is 83.9 Å². The van der Waals surface area contributed by atoms with Gasteiger partial charge in [-0.05, 0) is 48.6 Å². The highest BCUT2D eigenvalue weighted by molar-refractivity contribution is 7.89. The maximum Gasteiger partial charge on any atom is 0.243 e. The van der Waals surface area contributed by atoms with Crippen molar-refractivity contribution in [2.24, 2.45) is 0 Å². The zero-order valence-corrected chi connectivity index (χ0v) is 19.7. The van der Waals surface area contributed by atoms with E-state index in [-0.39, 0.29) is 23.4 Å². The first-order chi connectivity index (χ1) is 16.4. The molecule has 2 N–H and O–H groups in total. The van der Waals surface area contributed by atoms with Gasteiger partial charge >= 0.3 is 0 Å². The Morgan fingerprint density at radius 3 is 2.68 bits per heavy atom. The van der Waals surface area contributed by atoms with Crippen LogP contribution in [0.5, 0.6) is 0 Å². The Balaban J connectivity index is 1.32. The van der Waals surface area contributed by atoms with Crippen LogP contribution in [0, 0.1) is 0 Å². The van der Waals surface area contributed by atoms with Crippen LogP contribution in [-0.2, 0) is 21.2 Å². The molecule has 0 unspecified atom stereocenters. The van der Waals surface area contributed by atoms with Crippen molar-refractivity contribution in [3.63, 3.8) is 0 Å². The first-order valence-corrected chi connectivity index (χ1v) is 12.7. The van der Waals surface area contributed by atoms with E-state index < -0.39 is 10.0 Å². The largest absolute Gasteiger partial charge is 0.348 e. The molecule has 0 bridgehead atoms. The summed E-state index contributed by atoms with van der Waals surface area (Å²) in [5.41, 5.74) is 4.57. The van der Waals surface area contributed by atoms with Crippen molar-refractivity contribution in [2.45, 2.75) is 30.2 Å². The number of aromatic amines is 1. The van der Waals surface area contributed by atoms with Crippen molar-refractivity contribution < 1.29 is 13.2 Å². The molecule has 1 amide bonds. The number of nitrogens with zero attached hydrogens (tertiary/aromatic N) is 2. The van der Waals surface area contributed by atoms with Crippen LogP contribution in [-0.4, -0.2) is 42.2 Å². The Kier molecular flexibility index (Phi) is 5.93. The number of likely N-dealkylation sites (N-methyl/N-ethyl adjacent to an activating group) is 1. The van der Waals surface area contributed by atoms with Crippen LogP contribution in [0.3, 0.4) is 0 Å². The van der Waals surface area contributed by atoms with Crippen molar-refractivity contribution in [1.82, 2.24) is 19.6 Å². The van der Waals surface area contributed by atoms with E-state index in [0.717, 1.165) is 34.7 Å². The number of nitrogens with one attached hydrogen (secondary N) is 2. The predicted molar refractivity (Wildman–Crippen MR) is 132 cm³/mol. The van der Waals surface area contributed by atoms with Gasteiger partial charge in [0.25, 0.3) is 0 Å². The summed E-state index contributed by atoms with van der Waals surface area (Å²) < 4.78 is 27.5. The molecule has 0 fully saturated rings. The van der Waals surface area contributed by atoms with Gasteiger partial charge in [-0.1, -0.05) is 54.6 Å². The van der Waals surface area contributed by atoms with Gasteiger partial charge in [0, 0.05) is 12.6 Å². The number of carbonyl (C=O) groups excluding carboxylic acids is 1. The van der Waals surface area contributed by atoms with Crippen LogP contribution in [0.25, 0.3) is 22.4 Å². The second kappa shape index (κ2) is 9.04. The smallest absolute Gasteiger partial charge is 0.243 e. The molecule has 5 rings (SSSR count). The number of imidazole rings is 1. The van der Waals surface area contributed by atoms with Crippen LogP contribution < -0.4 is 5.32 Å². The second-order valence-corrected chi connectivity index (χ2v) is 10.6. The molecule has 0 radical (unpaired) electrons. The van der Waals surface area contributed by atoms with E-state index in [2.05, 4.69) is 21.4 Å². The molecule has 4 aromatic rings. The number of benzene rings is 3. The zero-order chi connectivity index (χ0) is 23.7. The minimum atomic E-state index is -3.86. The average molecular weight is 475 g/mol. The fourth-order valence-corrected chi connectivity index (χ4v) is 5.65. The Labute approximate surface area is 198 Å². The number of aromatic nitrogens is 2. The highest BCUT2D eigenvalue weighted by Gasteiger charge is 2.26. The molecule has 7 nitrogen and oxygen atoms in total. The average Bonchev–Trinajstić information content (AvgIpc) is 3.28. The van der Waals surface area contributed by atoms with E-state index in [1.807, 2.05) is 48.5 Å². The lowest BCUT2D eigenvalue weighted by Crippen LogP contribution is -2.40. The highest BCUT2D eigenvalue weighted by atomic mass is 32.2. The van der Waals surface area contributed by atoms with Gasteiger partial charge in [0.15, 0.2) is 0 Å². The van der Waals surface area contributed by atoms with Crippen LogP contribution in [0.15, 0.2) is 77.7 Å². The molecule has 1 atom stereocenters. The van der Waals surface area contributed by atoms with E-state index in [1.54, 1.807) is 12.1 Å². The van der Waals surface area contributed by atoms with Gasteiger partial charge in [0.05, 0.1) is 28.5 Å². The summed E-state index contributed by atoms with van der Waals surface area (Å²) in [7, 11) is -2.43. The van der Waals surface area contributed by atoms with Crippen molar-refractivity contribution in [2.75, 3.05) is 13.6 Å². The number of rotatable bonds is 6. The van der Waals surface area contributed by atoms with Gasteiger partial charge < -0.3 is 10.3 Å². The van der Waals surface area contributed by atoms with Crippen LogP contribution >= 0.6 is 0 Å². The summed E-state index contributed by atoms with van der Waals surface area (Å²) in [6, 6.07) is 22.4. The number of sulfonamides is 1. The Morgan fingerprint density at radius 2 is 1.85 bits per heavy atom. The minimum absolute atomic E-state index is 0.0914. The number of H-pyrrole nitrogens is 1. The highest BCUT2D eigenvalue weighted by Crippen LogP contribution is 2.29. The number of hydrogen-bond donors (Lipinski definition) is 2. The summed E-state index contributed by atoms with van der Waals surface area (Å²) in [6.07, 6.45) is 2.84. The van der Waals surface area contributed by atoms with Gasteiger partial charge in [-0.2, -0.15) is 4.31 Å². The lowest BCUT2D eigenvalue weighted by Gasteiger charge is -2.27. The predicted octanol–water partition coefficient (Wildman–Crippen LogP) is 4.04.